The fourth-order valence-corrected chi connectivity index (χ4v) is 3.54. The Labute approximate surface area is 148 Å². The molecule has 0 saturated carbocycles. The third-order valence-corrected chi connectivity index (χ3v) is 4.69. The summed E-state index contributed by atoms with van der Waals surface area (Å²) in [6.07, 6.45) is -4.50. The smallest absolute Gasteiger partial charge is 0.416 e. The van der Waals surface area contributed by atoms with E-state index in [1.165, 1.54) is 18.2 Å². The van der Waals surface area contributed by atoms with Gasteiger partial charge in [0.25, 0.3) is 11.8 Å². The van der Waals surface area contributed by atoms with Gasteiger partial charge in [0.2, 0.25) is 0 Å². The molecule has 4 N–H and O–H groups in total. The molecule has 3 rings (SSSR count). The van der Waals surface area contributed by atoms with Gasteiger partial charge in [-0.2, -0.15) is 13.2 Å². The highest BCUT2D eigenvalue weighted by molar-refractivity contribution is 7.23. The molecule has 0 saturated heterocycles. The Morgan fingerprint density at radius 2 is 1.73 bits per heavy atom. The average molecular weight is 380 g/mol. The number of aromatic hydroxyl groups is 1. The van der Waals surface area contributed by atoms with Crippen molar-refractivity contribution in [1.29, 1.82) is 0 Å². The second kappa shape index (κ2) is 6.34. The Balaban J connectivity index is 1.94. The first-order chi connectivity index (χ1) is 12.2. The summed E-state index contributed by atoms with van der Waals surface area (Å²) in [6.45, 7) is 0. The van der Waals surface area contributed by atoms with Crippen LogP contribution in [0.25, 0.3) is 10.1 Å². The number of primary amides is 1. The molecule has 26 heavy (non-hydrogen) atoms. The molecule has 0 radical (unpaired) electrons. The van der Waals surface area contributed by atoms with E-state index in [0.29, 0.717) is 10.1 Å². The first kappa shape index (κ1) is 17.7. The number of phenols is 1. The van der Waals surface area contributed by atoms with E-state index in [-0.39, 0.29) is 21.9 Å². The lowest BCUT2D eigenvalue weighted by Gasteiger charge is -2.08. The van der Waals surface area contributed by atoms with E-state index in [4.69, 9.17) is 5.73 Å². The van der Waals surface area contributed by atoms with Gasteiger partial charge < -0.3 is 16.2 Å². The van der Waals surface area contributed by atoms with Crippen molar-refractivity contribution in [3.05, 3.63) is 59.2 Å². The number of fused-ring (bicyclic) bond motifs is 1. The van der Waals surface area contributed by atoms with Crippen molar-refractivity contribution in [2.75, 3.05) is 5.32 Å². The lowest BCUT2D eigenvalue weighted by Crippen LogP contribution is -2.17. The van der Waals surface area contributed by atoms with Crippen molar-refractivity contribution in [3.63, 3.8) is 0 Å². The highest BCUT2D eigenvalue weighted by atomic mass is 32.1. The van der Waals surface area contributed by atoms with Crippen LogP contribution in [0.3, 0.4) is 0 Å². The average Bonchev–Trinajstić information content (AvgIpc) is 2.91. The molecular formula is C17H11F3N2O3S. The zero-order valence-electron chi connectivity index (χ0n) is 12.9. The molecule has 0 unspecified atom stereocenters. The molecule has 2 amide bonds. The van der Waals surface area contributed by atoms with Crippen molar-refractivity contribution in [2.45, 2.75) is 6.18 Å². The quantitative estimate of drug-likeness (QED) is 0.642. The zero-order valence-corrected chi connectivity index (χ0v) is 13.7. The SMILES string of the molecule is NC(=O)c1c(NC(=O)c2ccc(C(F)(F)F)cc2)sc2cc(O)ccc12. The molecule has 134 valence electrons. The van der Waals surface area contributed by atoms with E-state index in [1.807, 2.05) is 0 Å². The summed E-state index contributed by atoms with van der Waals surface area (Å²) in [5.74, 6) is -1.47. The molecule has 5 nitrogen and oxygen atoms in total. The van der Waals surface area contributed by atoms with Crippen LogP contribution in [0.4, 0.5) is 18.2 Å². The van der Waals surface area contributed by atoms with E-state index in [2.05, 4.69) is 5.32 Å². The number of rotatable bonds is 3. The maximum atomic E-state index is 12.6. The van der Waals surface area contributed by atoms with Gasteiger partial charge in [0.15, 0.2) is 0 Å². The predicted molar refractivity (Wildman–Crippen MR) is 91.4 cm³/mol. The minimum absolute atomic E-state index is 0.00581. The molecule has 0 aliphatic rings. The van der Waals surface area contributed by atoms with Crippen molar-refractivity contribution in [2.24, 2.45) is 5.73 Å². The Morgan fingerprint density at radius 1 is 1.08 bits per heavy atom. The van der Waals surface area contributed by atoms with Gasteiger partial charge in [-0.1, -0.05) is 0 Å². The van der Waals surface area contributed by atoms with Crippen molar-refractivity contribution < 1.29 is 27.9 Å². The summed E-state index contributed by atoms with van der Waals surface area (Å²) in [7, 11) is 0. The van der Waals surface area contributed by atoms with Crippen LogP contribution >= 0.6 is 11.3 Å². The molecule has 2 aromatic carbocycles. The molecule has 0 bridgehead atoms. The Morgan fingerprint density at radius 3 is 2.31 bits per heavy atom. The summed E-state index contributed by atoms with van der Waals surface area (Å²) in [5, 5.41) is 12.6. The summed E-state index contributed by atoms with van der Waals surface area (Å²) < 4.78 is 38.3. The highest BCUT2D eigenvalue weighted by Gasteiger charge is 2.30. The lowest BCUT2D eigenvalue weighted by molar-refractivity contribution is -0.137. The number of alkyl halides is 3. The number of hydrogen-bond acceptors (Lipinski definition) is 4. The number of benzene rings is 2. The molecule has 0 aliphatic carbocycles. The van der Waals surface area contributed by atoms with Crippen LogP contribution < -0.4 is 11.1 Å². The number of anilines is 1. The van der Waals surface area contributed by atoms with Gasteiger partial charge in [0, 0.05) is 15.6 Å². The molecular weight excluding hydrogens is 369 g/mol. The van der Waals surface area contributed by atoms with Gasteiger partial charge in [-0.3, -0.25) is 9.59 Å². The third kappa shape index (κ3) is 3.33. The second-order valence-corrected chi connectivity index (χ2v) is 6.43. The highest BCUT2D eigenvalue weighted by Crippen LogP contribution is 2.37. The number of phenolic OH excluding ortho intramolecular Hbond substituents is 1. The van der Waals surface area contributed by atoms with Crippen LogP contribution in [0.2, 0.25) is 0 Å². The summed E-state index contributed by atoms with van der Waals surface area (Å²) in [5.41, 5.74) is 4.57. The Hall–Kier alpha value is -3.07. The topological polar surface area (TPSA) is 92.4 Å². The van der Waals surface area contributed by atoms with Gasteiger partial charge in [0.05, 0.1) is 11.1 Å². The molecule has 0 spiro atoms. The minimum Gasteiger partial charge on any atom is -0.508 e. The standard InChI is InChI=1S/C17H11F3N2O3S/c18-17(19,20)9-3-1-8(2-4-9)15(25)22-16-13(14(21)24)11-6-5-10(23)7-12(11)26-16/h1-7,23H,(H2,21,24)(H,22,25). The molecule has 3 aromatic rings. The van der Waals surface area contributed by atoms with E-state index < -0.39 is 23.6 Å². The van der Waals surface area contributed by atoms with Crippen LogP contribution in [0, 0.1) is 0 Å². The van der Waals surface area contributed by atoms with Gasteiger partial charge in [0.1, 0.15) is 10.8 Å². The number of carbonyl (C=O) groups is 2. The van der Waals surface area contributed by atoms with Crippen LogP contribution in [-0.4, -0.2) is 16.9 Å². The number of halogens is 3. The number of hydrogen-bond donors (Lipinski definition) is 3. The van der Waals surface area contributed by atoms with Crippen molar-refractivity contribution in [1.82, 2.24) is 0 Å². The van der Waals surface area contributed by atoms with Crippen molar-refractivity contribution in [3.8, 4) is 5.75 Å². The minimum atomic E-state index is -4.50. The largest absolute Gasteiger partial charge is 0.508 e. The fraction of sp³-hybridized carbons (Fsp3) is 0.0588. The number of carbonyl (C=O) groups excluding carboxylic acids is 2. The zero-order chi connectivity index (χ0) is 19.1. The monoisotopic (exact) mass is 380 g/mol. The normalized spacial score (nSPS) is 11.5. The van der Waals surface area contributed by atoms with Crippen LogP contribution in [-0.2, 0) is 6.18 Å². The maximum Gasteiger partial charge on any atom is 0.416 e. The maximum absolute atomic E-state index is 12.6. The number of nitrogens with two attached hydrogens (primary N) is 1. The van der Waals surface area contributed by atoms with Crippen LogP contribution in [0.1, 0.15) is 26.3 Å². The van der Waals surface area contributed by atoms with E-state index in [0.717, 1.165) is 35.6 Å². The fourth-order valence-electron chi connectivity index (χ4n) is 2.40. The van der Waals surface area contributed by atoms with E-state index in [1.54, 1.807) is 0 Å². The van der Waals surface area contributed by atoms with Crippen LogP contribution in [0.15, 0.2) is 42.5 Å². The first-order valence-electron chi connectivity index (χ1n) is 7.21. The Bertz CT molecular complexity index is 1010. The molecule has 1 heterocycles. The summed E-state index contributed by atoms with van der Waals surface area (Å²) >= 11 is 1.02. The first-order valence-corrected chi connectivity index (χ1v) is 8.02. The number of amides is 2. The second-order valence-electron chi connectivity index (χ2n) is 5.38. The lowest BCUT2D eigenvalue weighted by atomic mass is 10.1. The molecule has 1 aromatic heterocycles. The molecule has 9 heteroatoms. The summed E-state index contributed by atoms with van der Waals surface area (Å²) in [4.78, 5) is 24.1. The predicted octanol–water partition coefficient (Wildman–Crippen LogP) is 3.98. The van der Waals surface area contributed by atoms with Crippen LogP contribution in [0.5, 0.6) is 5.75 Å². The van der Waals surface area contributed by atoms with E-state index >= 15 is 0 Å². The number of nitrogens with one attached hydrogen (secondary N) is 1. The van der Waals surface area contributed by atoms with Gasteiger partial charge in [-0.15, -0.1) is 11.3 Å². The van der Waals surface area contributed by atoms with Gasteiger partial charge in [-0.05, 0) is 42.5 Å². The molecule has 0 fully saturated rings. The van der Waals surface area contributed by atoms with Gasteiger partial charge >= 0.3 is 6.18 Å². The van der Waals surface area contributed by atoms with Gasteiger partial charge in [-0.25, -0.2) is 0 Å². The molecule has 0 atom stereocenters. The van der Waals surface area contributed by atoms with Crippen molar-refractivity contribution >= 4 is 38.2 Å². The number of thiophene rings is 1. The Kier molecular flexibility index (Phi) is 4.33. The third-order valence-electron chi connectivity index (χ3n) is 3.62. The molecule has 0 aliphatic heterocycles. The van der Waals surface area contributed by atoms with E-state index in [9.17, 15) is 27.9 Å². The summed E-state index contributed by atoms with van der Waals surface area (Å²) in [6, 6.07) is 7.97.